The molecule has 0 unspecified atom stereocenters. The van der Waals surface area contributed by atoms with Gasteiger partial charge < -0.3 is 0 Å². The first-order chi connectivity index (χ1) is 8.00. The van der Waals surface area contributed by atoms with Crippen molar-refractivity contribution in [3.05, 3.63) is 52.7 Å². The molecule has 0 aliphatic carbocycles. The maximum Gasteiger partial charge on any atom is 0.0465 e. The maximum atomic E-state index is 3.61. The van der Waals surface area contributed by atoms with E-state index in [1.54, 1.807) is 0 Å². The van der Waals surface area contributed by atoms with Crippen molar-refractivity contribution < 1.29 is 0 Å². The SMILES string of the molecule is Brc1ccc(-c2ccc(Br)c(Br)c2Br)c(Br)c1. The van der Waals surface area contributed by atoms with E-state index in [1.807, 2.05) is 18.2 Å². The van der Waals surface area contributed by atoms with Gasteiger partial charge in [-0.3, -0.25) is 0 Å². The molecule has 2 rings (SSSR count). The van der Waals surface area contributed by atoms with Crippen molar-refractivity contribution in [2.45, 2.75) is 0 Å². The molecule has 0 radical (unpaired) electrons. The molecule has 0 heterocycles. The third kappa shape index (κ3) is 3.06. The molecule has 0 saturated heterocycles. The molecule has 0 aliphatic rings. The third-order valence-corrected chi connectivity index (χ3v) is 6.78. The van der Waals surface area contributed by atoms with Gasteiger partial charge in [0.2, 0.25) is 0 Å². The summed E-state index contributed by atoms with van der Waals surface area (Å²) < 4.78 is 5.20. The van der Waals surface area contributed by atoms with Gasteiger partial charge >= 0.3 is 0 Å². The molecule has 0 bridgehead atoms. The fraction of sp³-hybridized carbons (Fsp3) is 0. The summed E-state index contributed by atoms with van der Waals surface area (Å²) in [5, 5.41) is 0. The van der Waals surface area contributed by atoms with E-state index in [-0.39, 0.29) is 0 Å². The average molecular weight is 549 g/mol. The minimum atomic E-state index is 1.02. The zero-order valence-corrected chi connectivity index (χ0v) is 16.2. The highest BCUT2D eigenvalue weighted by Crippen LogP contribution is 2.41. The van der Waals surface area contributed by atoms with Crippen molar-refractivity contribution in [1.29, 1.82) is 0 Å². The van der Waals surface area contributed by atoms with Crippen LogP contribution >= 0.6 is 79.6 Å². The molecule has 88 valence electrons. The molecule has 17 heavy (non-hydrogen) atoms. The molecular formula is C12H5Br5. The Morgan fingerprint density at radius 3 is 1.88 bits per heavy atom. The zero-order chi connectivity index (χ0) is 12.6. The van der Waals surface area contributed by atoms with Crippen molar-refractivity contribution in [2.75, 3.05) is 0 Å². The van der Waals surface area contributed by atoms with Crippen molar-refractivity contribution in [1.82, 2.24) is 0 Å². The lowest BCUT2D eigenvalue weighted by molar-refractivity contribution is 1.49. The van der Waals surface area contributed by atoms with Gasteiger partial charge in [-0.1, -0.05) is 44.0 Å². The molecule has 2 aromatic carbocycles. The first-order valence-corrected chi connectivity index (χ1v) is 8.56. The first kappa shape index (κ1) is 14.3. The smallest absolute Gasteiger partial charge is 0.0465 e. The van der Waals surface area contributed by atoms with Crippen LogP contribution in [0, 0.1) is 0 Å². The van der Waals surface area contributed by atoms with E-state index in [2.05, 4.69) is 91.8 Å². The van der Waals surface area contributed by atoms with E-state index in [0.717, 1.165) is 33.5 Å². The van der Waals surface area contributed by atoms with Crippen molar-refractivity contribution in [3.8, 4) is 11.1 Å². The Hall–Kier alpha value is 0.840. The molecule has 0 saturated carbocycles. The van der Waals surface area contributed by atoms with Crippen molar-refractivity contribution >= 4 is 79.6 Å². The van der Waals surface area contributed by atoms with E-state index in [9.17, 15) is 0 Å². The highest BCUT2D eigenvalue weighted by Gasteiger charge is 2.11. The first-order valence-electron chi connectivity index (χ1n) is 4.59. The topological polar surface area (TPSA) is 0 Å². The molecule has 0 aliphatic heterocycles. The van der Waals surface area contributed by atoms with Gasteiger partial charge in [0.25, 0.3) is 0 Å². The predicted molar refractivity (Wildman–Crippen MR) is 90.4 cm³/mol. The third-order valence-electron chi connectivity index (χ3n) is 2.26. The average Bonchev–Trinajstić information content (AvgIpc) is 2.28. The van der Waals surface area contributed by atoms with E-state index >= 15 is 0 Å². The second-order valence-electron chi connectivity index (χ2n) is 3.35. The minimum absolute atomic E-state index is 1.02. The summed E-state index contributed by atoms with van der Waals surface area (Å²) in [4.78, 5) is 0. The molecule has 0 aromatic heterocycles. The molecule has 0 fully saturated rings. The molecule has 0 nitrogen and oxygen atoms in total. The number of hydrogen-bond donors (Lipinski definition) is 0. The van der Waals surface area contributed by atoms with Crippen LogP contribution < -0.4 is 0 Å². The van der Waals surface area contributed by atoms with Gasteiger partial charge in [0, 0.05) is 22.4 Å². The van der Waals surface area contributed by atoms with Gasteiger partial charge in [0.15, 0.2) is 0 Å². The second kappa shape index (κ2) is 5.87. The monoisotopic (exact) mass is 544 g/mol. The summed E-state index contributed by atoms with van der Waals surface area (Å²) in [6, 6.07) is 10.3. The Labute approximate surface area is 142 Å². The van der Waals surface area contributed by atoms with Crippen LogP contribution in [0.4, 0.5) is 0 Å². The zero-order valence-electron chi connectivity index (χ0n) is 8.28. The Morgan fingerprint density at radius 1 is 0.588 bits per heavy atom. The van der Waals surface area contributed by atoms with Crippen LogP contribution in [0.1, 0.15) is 0 Å². The fourth-order valence-corrected chi connectivity index (χ4v) is 4.20. The lowest BCUT2D eigenvalue weighted by atomic mass is 10.1. The van der Waals surface area contributed by atoms with Gasteiger partial charge in [-0.25, -0.2) is 0 Å². The Morgan fingerprint density at radius 2 is 1.24 bits per heavy atom. The Kier molecular flexibility index (Phi) is 4.92. The van der Waals surface area contributed by atoms with Crippen LogP contribution in [-0.2, 0) is 0 Å². The van der Waals surface area contributed by atoms with Crippen LogP contribution in [0.15, 0.2) is 52.7 Å². The quantitative estimate of drug-likeness (QED) is 0.332. The molecule has 0 amide bonds. The van der Waals surface area contributed by atoms with Crippen LogP contribution in [0.25, 0.3) is 11.1 Å². The van der Waals surface area contributed by atoms with Gasteiger partial charge in [-0.05, 0) is 77.1 Å². The number of hydrogen-bond acceptors (Lipinski definition) is 0. The van der Waals surface area contributed by atoms with Gasteiger partial charge in [-0.15, -0.1) is 0 Å². The lowest BCUT2D eigenvalue weighted by Crippen LogP contribution is -1.84. The standard InChI is InChI=1S/C12H5Br5/c13-6-1-2-7(10(15)5-6)8-3-4-9(14)12(17)11(8)16/h1-5H. The molecule has 0 atom stereocenters. The summed E-state index contributed by atoms with van der Waals surface area (Å²) in [5.41, 5.74) is 2.28. The highest BCUT2D eigenvalue weighted by molar-refractivity contribution is 9.14. The summed E-state index contributed by atoms with van der Waals surface area (Å²) in [6.45, 7) is 0. The summed E-state index contributed by atoms with van der Waals surface area (Å²) in [6.07, 6.45) is 0. The highest BCUT2D eigenvalue weighted by atomic mass is 79.9. The summed E-state index contributed by atoms with van der Waals surface area (Å²) in [5.74, 6) is 0. The van der Waals surface area contributed by atoms with Crippen molar-refractivity contribution in [3.63, 3.8) is 0 Å². The largest absolute Gasteiger partial charge is 0.0521 e. The normalized spacial score (nSPS) is 10.6. The Balaban J connectivity index is 2.65. The van der Waals surface area contributed by atoms with Crippen LogP contribution in [-0.4, -0.2) is 0 Å². The van der Waals surface area contributed by atoms with E-state index in [0.29, 0.717) is 0 Å². The second-order valence-corrected chi connectivity index (χ2v) is 7.56. The summed E-state index contributed by atoms with van der Waals surface area (Å²) >= 11 is 17.7. The molecule has 2 aromatic rings. The maximum absolute atomic E-state index is 3.61. The molecule has 5 heteroatoms. The summed E-state index contributed by atoms with van der Waals surface area (Å²) in [7, 11) is 0. The van der Waals surface area contributed by atoms with Gasteiger partial charge in [0.05, 0.1) is 0 Å². The van der Waals surface area contributed by atoms with E-state index in [1.165, 1.54) is 0 Å². The number of rotatable bonds is 1. The van der Waals surface area contributed by atoms with Crippen LogP contribution in [0.2, 0.25) is 0 Å². The number of halogens is 5. The Bertz CT molecular complexity index is 577. The number of benzene rings is 2. The lowest BCUT2D eigenvalue weighted by Gasteiger charge is -2.10. The molecule has 0 N–H and O–H groups in total. The minimum Gasteiger partial charge on any atom is -0.0521 e. The van der Waals surface area contributed by atoms with Gasteiger partial charge in [-0.2, -0.15) is 0 Å². The fourth-order valence-electron chi connectivity index (χ4n) is 1.44. The van der Waals surface area contributed by atoms with Gasteiger partial charge in [0.1, 0.15) is 0 Å². The van der Waals surface area contributed by atoms with Crippen LogP contribution in [0.3, 0.4) is 0 Å². The van der Waals surface area contributed by atoms with E-state index < -0.39 is 0 Å². The molecular weight excluding hydrogens is 544 g/mol. The predicted octanol–water partition coefficient (Wildman–Crippen LogP) is 7.17. The van der Waals surface area contributed by atoms with Crippen molar-refractivity contribution in [2.24, 2.45) is 0 Å². The molecule has 0 spiro atoms. The van der Waals surface area contributed by atoms with E-state index in [4.69, 9.17) is 0 Å². The van der Waals surface area contributed by atoms with Crippen LogP contribution in [0.5, 0.6) is 0 Å².